The number of amidine groups is 1. The summed E-state index contributed by atoms with van der Waals surface area (Å²) in [4.78, 5) is 0. The topological polar surface area (TPSA) is 107 Å². The van der Waals surface area contributed by atoms with Gasteiger partial charge in [-0.1, -0.05) is 6.07 Å². The molecule has 19 heavy (non-hydrogen) atoms. The van der Waals surface area contributed by atoms with E-state index in [0.717, 1.165) is 6.07 Å². The Hall–Kier alpha value is -2.76. The number of nitrogens with one attached hydrogen (secondary N) is 2. The summed E-state index contributed by atoms with van der Waals surface area (Å²) in [7, 11) is 0. The lowest BCUT2D eigenvalue weighted by molar-refractivity contribution is -0.0516. The molecule has 0 atom stereocenters. The summed E-state index contributed by atoms with van der Waals surface area (Å²) in [6.45, 7) is -3.22. The summed E-state index contributed by atoms with van der Waals surface area (Å²) in [6.07, 6.45) is 0. The summed E-state index contributed by atoms with van der Waals surface area (Å²) in [5, 5.41) is 18.9. The number of rotatable bonds is 5. The zero-order valence-corrected chi connectivity index (χ0v) is 9.32. The molecule has 0 unspecified atom stereocenters. The van der Waals surface area contributed by atoms with E-state index in [1.165, 1.54) is 18.2 Å². The molecule has 9 heteroatoms. The van der Waals surface area contributed by atoms with Gasteiger partial charge < -0.3 is 10.5 Å². The molecule has 0 fully saturated rings. The van der Waals surface area contributed by atoms with Crippen LogP contribution in [-0.4, -0.2) is 18.2 Å². The van der Waals surface area contributed by atoms with Gasteiger partial charge in [-0.3, -0.25) is 10.8 Å². The Bertz CT molecular complexity index is 553. The minimum atomic E-state index is -3.22. The maximum absolute atomic E-state index is 13.3. The van der Waals surface area contributed by atoms with Gasteiger partial charge in [0.2, 0.25) is 5.71 Å². The zero-order valence-electron chi connectivity index (χ0n) is 9.32. The maximum Gasteiger partial charge on any atom is 0.387 e. The third-order valence-electron chi connectivity index (χ3n) is 1.82. The highest BCUT2D eigenvalue weighted by Crippen LogP contribution is 2.29. The van der Waals surface area contributed by atoms with Gasteiger partial charge in [0.25, 0.3) is 0 Å². The quantitative estimate of drug-likeness (QED) is 0.430. The number of hydrazone groups is 1. The molecule has 0 aliphatic heterocycles. The smallest absolute Gasteiger partial charge is 0.387 e. The number of nitrogens with two attached hydrogens (primary N) is 1. The first-order chi connectivity index (χ1) is 8.95. The van der Waals surface area contributed by atoms with Crippen LogP contribution < -0.4 is 15.9 Å². The SMILES string of the molecule is N#C/C(=N\Nc1cccc(F)c1OC(F)F)C(=N)N. The van der Waals surface area contributed by atoms with Crippen LogP contribution in [0.1, 0.15) is 0 Å². The highest BCUT2D eigenvalue weighted by Gasteiger charge is 2.14. The highest BCUT2D eigenvalue weighted by atomic mass is 19.3. The minimum Gasteiger partial charge on any atom is -0.429 e. The van der Waals surface area contributed by atoms with Crippen LogP contribution in [0.25, 0.3) is 0 Å². The molecule has 0 heterocycles. The Balaban J connectivity index is 3.05. The summed E-state index contributed by atoms with van der Waals surface area (Å²) < 4.78 is 41.5. The summed E-state index contributed by atoms with van der Waals surface area (Å²) in [5.74, 6) is -2.40. The molecule has 1 rings (SSSR count). The lowest BCUT2D eigenvalue weighted by Crippen LogP contribution is -2.22. The van der Waals surface area contributed by atoms with Crippen molar-refractivity contribution in [2.24, 2.45) is 10.8 Å². The number of benzene rings is 1. The Morgan fingerprint density at radius 1 is 1.53 bits per heavy atom. The number of nitriles is 1. The molecule has 0 amide bonds. The van der Waals surface area contributed by atoms with E-state index in [1.807, 2.05) is 0 Å². The molecule has 0 saturated carbocycles. The molecular weight excluding hydrogens is 263 g/mol. The molecule has 0 aliphatic carbocycles. The molecule has 0 bridgehead atoms. The van der Waals surface area contributed by atoms with Gasteiger partial charge in [0, 0.05) is 0 Å². The van der Waals surface area contributed by atoms with Crippen LogP contribution in [0.3, 0.4) is 0 Å². The number of nitrogens with zero attached hydrogens (tertiary/aromatic N) is 2. The Morgan fingerprint density at radius 3 is 2.74 bits per heavy atom. The zero-order chi connectivity index (χ0) is 14.4. The van der Waals surface area contributed by atoms with Crippen LogP contribution in [0.2, 0.25) is 0 Å². The number of hydrogen-bond acceptors (Lipinski definition) is 5. The number of ether oxygens (including phenoxy) is 1. The van der Waals surface area contributed by atoms with Gasteiger partial charge in [-0.2, -0.15) is 19.1 Å². The molecule has 0 aromatic heterocycles. The lowest BCUT2D eigenvalue weighted by atomic mass is 10.3. The van der Waals surface area contributed by atoms with E-state index in [-0.39, 0.29) is 5.69 Å². The van der Waals surface area contributed by atoms with E-state index in [2.05, 4.69) is 15.3 Å². The van der Waals surface area contributed by atoms with E-state index in [0.29, 0.717) is 0 Å². The van der Waals surface area contributed by atoms with Crippen LogP contribution in [0.15, 0.2) is 23.3 Å². The normalized spacial score (nSPS) is 11.0. The number of anilines is 1. The second-order valence-corrected chi connectivity index (χ2v) is 3.09. The molecule has 0 aliphatic rings. The van der Waals surface area contributed by atoms with Gasteiger partial charge in [-0.15, -0.1) is 0 Å². The van der Waals surface area contributed by atoms with E-state index in [1.54, 1.807) is 0 Å². The van der Waals surface area contributed by atoms with Gasteiger partial charge in [0.05, 0.1) is 0 Å². The Morgan fingerprint density at radius 2 is 2.21 bits per heavy atom. The number of alkyl halides is 2. The highest BCUT2D eigenvalue weighted by molar-refractivity contribution is 6.45. The van der Waals surface area contributed by atoms with Crippen molar-refractivity contribution in [2.45, 2.75) is 6.61 Å². The van der Waals surface area contributed by atoms with Crippen LogP contribution in [0, 0.1) is 22.6 Å². The first-order valence-corrected chi connectivity index (χ1v) is 4.77. The van der Waals surface area contributed by atoms with Crippen LogP contribution in [0.5, 0.6) is 5.75 Å². The van der Waals surface area contributed by atoms with Crippen molar-refractivity contribution in [2.75, 3.05) is 5.43 Å². The number of para-hydroxylation sites is 1. The Kier molecular flexibility index (Phi) is 4.70. The summed E-state index contributed by atoms with van der Waals surface area (Å²) in [6, 6.07) is 4.86. The predicted molar refractivity (Wildman–Crippen MR) is 61.6 cm³/mol. The number of hydrogen-bond donors (Lipinski definition) is 3. The fourth-order valence-electron chi connectivity index (χ4n) is 1.07. The fraction of sp³-hybridized carbons (Fsp3) is 0.100. The van der Waals surface area contributed by atoms with Gasteiger partial charge in [0.1, 0.15) is 11.8 Å². The second-order valence-electron chi connectivity index (χ2n) is 3.09. The number of halogens is 3. The van der Waals surface area contributed by atoms with Crippen LogP contribution in [0.4, 0.5) is 18.9 Å². The third-order valence-corrected chi connectivity index (χ3v) is 1.82. The monoisotopic (exact) mass is 271 g/mol. The van der Waals surface area contributed by atoms with Gasteiger partial charge in [0.15, 0.2) is 17.4 Å². The van der Waals surface area contributed by atoms with E-state index in [9.17, 15) is 13.2 Å². The molecule has 1 aromatic rings. The molecule has 4 N–H and O–H groups in total. The maximum atomic E-state index is 13.3. The van der Waals surface area contributed by atoms with E-state index >= 15 is 0 Å². The van der Waals surface area contributed by atoms with E-state index < -0.39 is 29.7 Å². The average Bonchev–Trinajstić information content (AvgIpc) is 2.33. The largest absolute Gasteiger partial charge is 0.429 e. The standard InChI is InChI=1S/C10H8F3N5O/c11-5-2-1-3-6(8(5)19-10(12)13)17-18-7(4-14)9(15)16/h1-3,10,17H,(H3,15,16)/b18-7+. The van der Waals surface area contributed by atoms with Crippen molar-refractivity contribution < 1.29 is 17.9 Å². The summed E-state index contributed by atoms with van der Waals surface area (Å²) >= 11 is 0. The van der Waals surface area contributed by atoms with Crippen LogP contribution in [-0.2, 0) is 0 Å². The molecule has 0 saturated heterocycles. The molecule has 100 valence electrons. The molecule has 0 radical (unpaired) electrons. The molecule has 6 nitrogen and oxygen atoms in total. The van der Waals surface area contributed by atoms with Crippen molar-refractivity contribution in [1.29, 1.82) is 10.7 Å². The van der Waals surface area contributed by atoms with Crippen molar-refractivity contribution in [3.05, 3.63) is 24.0 Å². The van der Waals surface area contributed by atoms with Crippen molar-refractivity contribution in [3.8, 4) is 11.8 Å². The van der Waals surface area contributed by atoms with Gasteiger partial charge in [-0.05, 0) is 12.1 Å². The Labute approximate surface area is 105 Å². The first kappa shape index (κ1) is 14.3. The molecule has 0 spiro atoms. The fourth-order valence-corrected chi connectivity index (χ4v) is 1.07. The van der Waals surface area contributed by atoms with Crippen molar-refractivity contribution in [1.82, 2.24) is 0 Å². The van der Waals surface area contributed by atoms with Crippen LogP contribution >= 0.6 is 0 Å². The lowest BCUT2D eigenvalue weighted by Gasteiger charge is -2.10. The molecular formula is C10H8F3N5O. The first-order valence-electron chi connectivity index (χ1n) is 4.77. The third kappa shape index (κ3) is 3.88. The second kappa shape index (κ2) is 6.25. The van der Waals surface area contributed by atoms with Gasteiger partial charge in [-0.25, -0.2) is 4.39 Å². The van der Waals surface area contributed by atoms with Crippen molar-refractivity contribution in [3.63, 3.8) is 0 Å². The average molecular weight is 271 g/mol. The van der Waals surface area contributed by atoms with E-state index in [4.69, 9.17) is 16.4 Å². The molecule has 1 aromatic carbocycles. The minimum absolute atomic E-state index is 0.227. The summed E-state index contributed by atoms with van der Waals surface area (Å²) in [5.41, 5.74) is 6.46. The predicted octanol–water partition coefficient (Wildman–Crippen LogP) is 1.65. The van der Waals surface area contributed by atoms with Crippen molar-refractivity contribution >= 4 is 17.2 Å². The van der Waals surface area contributed by atoms with Gasteiger partial charge >= 0.3 is 6.61 Å².